The van der Waals surface area contributed by atoms with Crippen molar-refractivity contribution in [3.63, 3.8) is 0 Å². The van der Waals surface area contributed by atoms with Crippen molar-refractivity contribution in [3.05, 3.63) is 83.9 Å². The average molecular weight is 453 g/mol. The van der Waals surface area contributed by atoms with E-state index in [1.165, 1.54) is 4.31 Å². The van der Waals surface area contributed by atoms with E-state index >= 15 is 0 Å². The SMILES string of the molecule is Cc1ccc(CS(=O)(=O)N2CCC(C(=O)NCc3ccccc3-n3ccnc3)CC2)cc1. The van der Waals surface area contributed by atoms with Gasteiger partial charge in [-0.25, -0.2) is 17.7 Å². The summed E-state index contributed by atoms with van der Waals surface area (Å²) >= 11 is 0. The van der Waals surface area contributed by atoms with Gasteiger partial charge in [-0.2, -0.15) is 0 Å². The Hall–Kier alpha value is -2.97. The predicted octanol–water partition coefficient (Wildman–Crippen LogP) is 3.04. The van der Waals surface area contributed by atoms with Crippen LogP contribution in [0, 0.1) is 12.8 Å². The third-order valence-corrected chi connectivity index (χ3v) is 7.77. The van der Waals surface area contributed by atoms with E-state index in [1.54, 1.807) is 12.5 Å². The molecule has 0 unspecified atom stereocenters. The summed E-state index contributed by atoms with van der Waals surface area (Å²) in [5.41, 5.74) is 3.86. The molecule has 4 rings (SSSR count). The first-order valence-corrected chi connectivity index (χ1v) is 12.4. The Morgan fingerprint density at radius 3 is 2.50 bits per heavy atom. The fourth-order valence-electron chi connectivity index (χ4n) is 4.02. The highest BCUT2D eigenvalue weighted by atomic mass is 32.2. The summed E-state index contributed by atoms with van der Waals surface area (Å²) in [6.07, 6.45) is 6.38. The highest BCUT2D eigenvalue weighted by Gasteiger charge is 2.31. The number of nitrogens with zero attached hydrogens (tertiary/aromatic N) is 3. The van der Waals surface area contributed by atoms with Crippen molar-refractivity contribution in [1.82, 2.24) is 19.2 Å². The molecular formula is C24H28N4O3S. The lowest BCUT2D eigenvalue weighted by Crippen LogP contribution is -2.43. The number of benzene rings is 2. The third-order valence-electron chi connectivity index (χ3n) is 5.92. The molecule has 0 spiro atoms. The van der Waals surface area contributed by atoms with Gasteiger partial charge in [-0.05, 0) is 37.0 Å². The fraction of sp³-hybridized carbons (Fsp3) is 0.333. The van der Waals surface area contributed by atoms with Crippen LogP contribution in [0.2, 0.25) is 0 Å². The maximum atomic E-state index is 12.8. The number of sulfonamides is 1. The monoisotopic (exact) mass is 452 g/mol. The van der Waals surface area contributed by atoms with Crippen LogP contribution in [0.1, 0.15) is 29.5 Å². The molecule has 1 amide bonds. The van der Waals surface area contributed by atoms with Crippen LogP contribution in [0.15, 0.2) is 67.3 Å². The Morgan fingerprint density at radius 2 is 1.81 bits per heavy atom. The van der Waals surface area contributed by atoms with Crippen LogP contribution in [0.5, 0.6) is 0 Å². The molecule has 8 heteroatoms. The average Bonchev–Trinajstić information content (AvgIpc) is 3.34. The number of hydrogen-bond acceptors (Lipinski definition) is 4. The molecule has 0 atom stereocenters. The molecule has 1 aliphatic heterocycles. The lowest BCUT2D eigenvalue weighted by Gasteiger charge is -2.30. The zero-order valence-corrected chi connectivity index (χ0v) is 19.0. The number of amides is 1. The highest BCUT2D eigenvalue weighted by molar-refractivity contribution is 7.88. The molecule has 168 valence electrons. The van der Waals surface area contributed by atoms with Crippen molar-refractivity contribution in [2.75, 3.05) is 13.1 Å². The van der Waals surface area contributed by atoms with Crippen LogP contribution in [-0.2, 0) is 27.1 Å². The lowest BCUT2D eigenvalue weighted by molar-refractivity contribution is -0.126. The third kappa shape index (κ3) is 5.26. The molecule has 0 radical (unpaired) electrons. The molecule has 1 aromatic heterocycles. The van der Waals surface area contributed by atoms with Crippen molar-refractivity contribution in [1.29, 1.82) is 0 Å². The second kappa shape index (κ2) is 9.67. The maximum absolute atomic E-state index is 12.8. The minimum Gasteiger partial charge on any atom is -0.352 e. The normalized spacial score (nSPS) is 15.5. The molecule has 0 bridgehead atoms. The van der Waals surface area contributed by atoms with Crippen LogP contribution in [0.3, 0.4) is 0 Å². The Morgan fingerprint density at radius 1 is 1.09 bits per heavy atom. The number of aryl methyl sites for hydroxylation is 1. The number of carbonyl (C=O) groups is 1. The molecule has 7 nitrogen and oxygen atoms in total. The van der Waals surface area contributed by atoms with E-state index in [9.17, 15) is 13.2 Å². The first kappa shape index (κ1) is 22.2. The zero-order valence-electron chi connectivity index (χ0n) is 18.1. The summed E-state index contributed by atoms with van der Waals surface area (Å²) < 4.78 is 29.0. The van der Waals surface area contributed by atoms with Gasteiger partial charge in [0.25, 0.3) is 0 Å². The number of piperidine rings is 1. The molecule has 1 saturated heterocycles. The van der Waals surface area contributed by atoms with Gasteiger partial charge in [0.2, 0.25) is 15.9 Å². The van der Waals surface area contributed by atoms with Crippen molar-refractivity contribution in [3.8, 4) is 5.69 Å². The van der Waals surface area contributed by atoms with Crippen molar-refractivity contribution < 1.29 is 13.2 Å². The van der Waals surface area contributed by atoms with Gasteiger partial charge in [-0.15, -0.1) is 0 Å². The van der Waals surface area contributed by atoms with Gasteiger partial charge >= 0.3 is 0 Å². The smallest absolute Gasteiger partial charge is 0.223 e. The van der Waals surface area contributed by atoms with Gasteiger partial charge in [-0.1, -0.05) is 48.0 Å². The number of hydrogen-bond donors (Lipinski definition) is 1. The molecule has 0 aliphatic carbocycles. The van der Waals surface area contributed by atoms with Gasteiger partial charge in [0, 0.05) is 37.9 Å². The van der Waals surface area contributed by atoms with Gasteiger partial charge in [0.1, 0.15) is 0 Å². The van der Waals surface area contributed by atoms with Crippen LogP contribution >= 0.6 is 0 Å². The van der Waals surface area contributed by atoms with E-state index in [2.05, 4.69) is 10.3 Å². The molecule has 1 fully saturated rings. The van der Waals surface area contributed by atoms with E-state index in [4.69, 9.17) is 0 Å². The zero-order chi connectivity index (χ0) is 22.6. The minimum absolute atomic E-state index is 0.00478. The summed E-state index contributed by atoms with van der Waals surface area (Å²) in [6, 6.07) is 15.4. The van der Waals surface area contributed by atoms with Gasteiger partial charge in [-0.3, -0.25) is 4.79 Å². The van der Waals surface area contributed by atoms with E-state index in [0.717, 1.165) is 22.4 Å². The Bertz CT molecular complexity index is 1150. The first-order chi connectivity index (χ1) is 15.4. The molecule has 2 heterocycles. The summed E-state index contributed by atoms with van der Waals surface area (Å²) in [5.74, 6) is -0.211. The number of carbonyl (C=O) groups excluding carboxylic acids is 1. The van der Waals surface area contributed by atoms with E-state index in [0.29, 0.717) is 32.5 Å². The highest BCUT2D eigenvalue weighted by Crippen LogP contribution is 2.22. The van der Waals surface area contributed by atoms with Crippen LogP contribution in [0.25, 0.3) is 5.69 Å². The largest absolute Gasteiger partial charge is 0.352 e. The molecule has 3 aromatic rings. The van der Waals surface area contributed by atoms with Gasteiger partial charge < -0.3 is 9.88 Å². The van der Waals surface area contributed by atoms with Crippen LogP contribution in [-0.4, -0.2) is 41.3 Å². The number of imidazole rings is 1. The van der Waals surface area contributed by atoms with Gasteiger partial charge in [0.15, 0.2) is 0 Å². The van der Waals surface area contributed by atoms with Crippen LogP contribution in [0.4, 0.5) is 0 Å². The van der Waals surface area contributed by atoms with Crippen LogP contribution < -0.4 is 5.32 Å². The molecule has 2 aromatic carbocycles. The maximum Gasteiger partial charge on any atom is 0.223 e. The quantitative estimate of drug-likeness (QED) is 0.597. The number of nitrogens with one attached hydrogen (secondary N) is 1. The second-order valence-electron chi connectivity index (χ2n) is 8.23. The van der Waals surface area contributed by atoms with E-state index in [-0.39, 0.29) is 17.6 Å². The topological polar surface area (TPSA) is 84.3 Å². The Balaban J connectivity index is 1.31. The Kier molecular flexibility index (Phi) is 6.72. The molecule has 0 saturated carbocycles. The lowest BCUT2D eigenvalue weighted by atomic mass is 9.97. The summed E-state index contributed by atoms with van der Waals surface area (Å²) in [5, 5.41) is 3.03. The number of aromatic nitrogens is 2. The minimum atomic E-state index is -3.39. The summed E-state index contributed by atoms with van der Waals surface area (Å²) in [6.45, 7) is 3.14. The molecular weight excluding hydrogens is 424 g/mol. The van der Waals surface area contributed by atoms with E-state index in [1.807, 2.05) is 66.2 Å². The standard InChI is InChI=1S/C24H28N4O3S/c1-19-6-8-20(9-7-19)17-32(30,31)28-13-10-21(11-14-28)24(29)26-16-22-4-2-3-5-23(22)27-15-12-25-18-27/h2-9,12,15,18,21H,10-11,13-14,16-17H2,1H3,(H,26,29). The molecule has 32 heavy (non-hydrogen) atoms. The predicted molar refractivity (Wildman–Crippen MR) is 124 cm³/mol. The fourth-order valence-corrected chi connectivity index (χ4v) is 5.59. The van der Waals surface area contributed by atoms with Gasteiger partial charge in [0.05, 0.1) is 17.8 Å². The van der Waals surface area contributed by atoms with Crippen molar-refractivity contribution in [2.45, 2.75) is 32.1 Å². The summed E-state index contributed by atoms with van der Waals surface area (Å²) in [7, 11) is -3.39. The molecule has 1 aliphatic rings. The molecule has 1 N–H and O–H groups in total. The Labute approximate surface area is 189 Å². The first-order valence-electron chi connectivity index (χ1n) is 10.8. The van der Waals surface area contributed by atoms with Crippen molar-refractivity contribution in [2.24, 2.45) is 5.92 Å². The van der Waals surface area contributed by atoms with Crippen molar-refractivity contribution >= 4 is 15.9 Å². The second-order valence-corrected chi connectivity index (χ2v) is 10.2. The summed E-state index contributed by atoms with van der Waals surface area (Å²) in [4.78, 5) is 16.8. The number of rotatable bonds is 7. The number of para-hydroxylation sites is 1. The van der Waals surface area contributed by atoms with E-state index < -0.39 is 10.0 Å².